The maximum absolute atomic E-state index is 9.89. The number of rotatable bonds is 3. The number of ether oxygens (including phenoxy) is 1. The molecule has 1 aliphatic carbocycles. The summed E-state index contributed by atoms with van der Waals surface area (Å²) in [6, 6.07) is 0.814. The molecular weight excluding hydrogens is 238 g/mol. The number of piperidine rings is 1. The average molecular weight is 267 g/mol. The lowest BCUT2D eigenvalue weighted by Gasteiger charge is -2.48. The SMILES string of the molecule is OCC1(CN2CCCC3CCCCC32)CCOCC1. The molecule has 0 amide bonds. The standard InChI is InChI=1S/C16H29NO2/c18-13-16(7-10-19-11-8-16)12-17-9-3-5-14-4-1-2-6-15(14)17/h14-15,18H,1-13H2. The highest BCUT2D eigenvalue weighted by Crippen LogP contribution is 2.39. The van der Waals surface area contributed by atoms with Crippen molar-refractivity contribution in [1.82, 2.24) is 4.90 Å². The third kappa shape index (κ3) is 2.98. The zero-order valence-electron chi connectivity index (χ0n) is 12.1. The van der Waals surface area contributed by atoms with Crippen molar-refractivity contribution < 1.29 is 9.84 Å². The largest absolute Gasteiger partial charge is 0.396 e. The van der Waals surface area contributed by atoms with Crippen molar-refractivity contribution in [2.45, 2.75) is 57.4 Å². The van der Waals surface area contributed by atoms with E-state index in [9.17, 15) is 5.11 Å². The Bertz CT molecular complexity index is 286. The number of nitrogens with zero attached hydrogens (tertiary/aromatic N) is 1. The van der Waals surface area contributed by atoms with Gasteiger partial charge in [0.2, 0.25) is 0 Å². The number of fused-ring (bicyclic) bond motifs is 1. The molecule has 0 spiro atoms. The molecule has 19 heavy (non-hydrogen) atoms. The van der Waals surface area contributed by atoms with Crippen LogP contribution in [0.15, 0.2) is 0 Å². The second-order valence-electron chi connectivity index (χ2n) is 7.00. The molecule has 110 valence electrons. The van der Waals surface area contributed by atoms with Crippen molar-refractivity contribution in [3.8, 4) is 0 Å². The van der Waals surface area contributed by atoms with Crippen LogP contribution in [0, 0.1) is 11.3 Å². The van der Waals surface area contributed by atoms with E-state index in [-0.39, 0.29) is 5.41 Å². The number of aliphatic hydroxyl groups is 1. The van der Waals surface area contributed by atoms with Gasteiger partial charge in [0.05, 0.1) is 6.61 Å². The maximum Gasteiger partial charge on any atom is 0.0501 e. The van der Waals surface area contributed by atoms with Crippen LogP contribution in [-0.2, 0) is 4.74 Å². The number of likely N-dealkylation sites (tertiary alicyclic amines) is 1. The van der Waals surface area contributed by atoms with Crippen LogP contribution < -0.4 is 0 Å². The van der Waals surface area contributed by atoms with E-state index in [1.54, 1.807) is 0 Å². The minimum absolute atomic E-state index is 0.123. The first kappa shape index (κ1) is 13.8. The Morgan fingerprint density at radius 3 is 2.58 bits per heavy atom. The van der Waals surface area contributed by atoms with E-state index in [4.69, 9.17) is 4.74 Å². The van der Waals surface area contributed by atoms with Gasteiger partial charge in [-0.3, -0.25) is 4.90 Å². The monoisotopic (exact) mass is 267 g/mol. The van der Waals surface area contributed by atoms with Crippen LogP contribution in [0.5, 0.6) is 0 Å². The van der Waals surface area contributed by atoms with Crippen LogP contribution in [0.1, 0.15) is 51.4 Å². The van der Waals surface area contributed by atoms with Crippen LogP contribution in [0.25, 0.3) is 0 Å². The molecule has 3 rings (SSSR count). The molecule has 0 aromatic carbocycles. The molecule has 3 nitrogen and oxygen atoms in total. The molecule has 0 radical (unpaired) electrons. The van der Waals surface area contributed by atoms with Crippen molar-refractivity contribution in [2.24, 2.45) is 11.3 Å². The van der Waals surface area contributed by atoms with Gasteiger partial charge in [-0.15, -0.1) is 0 Å². The summed E-state index contributed by atoms with van der Waals surface area (Å²) in [5.41, 5.74) is 0.123. The Labute approximate surface area is 117 Å². The Balaban J connectivity index is 1.66. The molecule has 1 N–H and O–H groups in total. The lowest BCUT2D eigenvalue weighted by molar-refractivity contribution is -0.0562. The number of hydrogen-bond donors (Lipinski definition) is 1. The summed E-state index contributed by atoms with van der Waals surface area (Å²) < 4.78 is 5.49. The van der Waals surface area contributed by atoms with E-state index in [1.807, 2.05) is 0 Å². The van der Waals surface area contributed by atoms with Gasteiger partial charge in [-0.2, -0.15) is 0 Å². The van der Waals surface area contributed by atoms with Gasteiger partial charge in [0.25, 0.3) is 0 Å². The molecule has 2 heterocycles. The summed E-state index contributed by atoms with van der Waals surface area (Å²) in [5, 5.41) is 9.89. The molecule has 1 saturated carbocycles. The second kappa shape index (κ2) is 6.11. The van der Waals surface area contributed by atoms with Crippen molar-refractivity contribution >= 4 is 0 Å². The predicted molar refractivity (Wildman–Crippen MR) is 76.1 cm³/mol. The predicted octanol–water partition coefficient (Wildman–Crippen LogP) is 2.43. The van der Waals surface area contributed by atoms with Gasteiger partial charge in [-0.1, -0.05) is 12.8 Å². The van der Waals surface area contributed by atoms with Gasteiger partial charge in [0.15, 0.2) is 0 Å². The third-order valence-corrected chi connectivity index (χ3v) is 5.79. The average Bonchev–Trinajstić information content (AvgIpc) is 2.49. The smallest absolute Gasteiger partial charge is 0.0501 e. The molecule has 0 aromatic heterocycles. The number of hydrogen-bond acceptors (Lipinski definition) is 3. The fourth-order valence-electron chi connectivity index (χ4n) is 4.53. The summed E-state index contributed by atoms with van der Waals surface area (Å²) in [5.74, 6) is 0.943. The van der Waals surface area contributed by atoms with Crippen molar-refractivity contribution in [3.63, 3.8) is 0 Å². The normalized spacial score (nSPS) is 35.8. The number of aliphatic hydroxyl groups excluding tert-OH is 1. The Kier molecular flexibility index (Phi) is 4.45. The molecule has 2 aliphatic heterocycles. The highest BCUT2D eigenvalue weighted by Gasteiger charge is 2.39. The first-order valence-corrected chi connectivity index (χ1v) is 8.26. The summed E-state index contributed by atoms with van der Waals surface area (Å²) in [4.78, 5) is 2.73. The Morgan fingerprint density at radius 2 is 1.79 bits per heavy atom. The first-order valence-electron chi connectivity index (χ1n) is 8.26. The van der Waals surface area contributed by atoms with E-state index < -0.39 is 0 Å². The minimum atomic E-state index is 0.123. The molecular formula is C16H29NO2. The van der Waals surface area contributed by atoms with Crippen LogP contribution in [0.4, 0.5) is 0 Å². The molecule has 2 atom stereocenters. The summed E-state index contributed by atoms with van der Waals surface area (Å²) in [7, 11) is 0. The molecule has 2 unspecified atom stereocenters. The maximum atomic E-state index is 9.89. The molecule has 3 fully saturated rings. The van der Waals surface area contributed by atoms with E-state index in [1.165, 1.54) is 45.1 Å². The van der Waals surface area contributed by atoms with E-state index >= 15 is 0 Å². The fourth-order valence-corrected chi connectivity index (χ4v) is 4.53. The van der Waals surface area contributed by atoms with Crippen LogP contribution >= 0.6 is 0 Å². The fraction of sp³-hybridized carbons (Fsp3) is 1.00. The van der Waals surface area contributed by atoms with Gasteiger partial charge in [0.1, 0.15) is 0 Å². The van der Waals surface area contributed by atoms with Gasteiger partial charge in [-0.05, 0) is 51.0 Å². The van der Waals surface area contributed by atoms with E-state index in [0.29, 0.717) is 6.61 Å². The lowest BCUT2D eigenvalue weighted by atomic mass is 9.75. The molecule has 2 saturated heterocycles. The molecule has 3 aliphatic rings. The Morgan fingerprint density at radius 1 is 1.05 bits per heavy atom. The summed E-state index contributed by atoms with van der Waals surface area (Å²) in [6.45, 7) is 4.37. The topological polar surface area (TPSA) is 32.7 Å². The van der Waals surface area contributed by atoms with Crippen LogP contribution in [0.2, 0.25) is 0 Å². The minimum Gasteiger partial charge on any atom is -0.396 e. The van der Waals surface area contributed by atoms with Crippen LogP contribution in [0.3, 0.4) is 0 Å². The molecule has 0 aromatic rings. The summed E-state index contributed by atoms with van der Waals surface area (Å²) in [6.07, 6.45) is 10.6. The highest BCUT2D eigenvalue weighted by molar-refractivity contribution is 4.92. The van der Waals surface area contributed by atoms with Gasteiger partial charge >= 0.3 is 0 Å². The highest BCUT2D eigenvalue weighted by atomic mass is 16.5. The molecule has 3 heteroatoms. The molecule has 0 bridgehead atoms. The summed E-state index contributed by atoms with van der Waals surface area (Å²) >= 11 is 0. The third-order valence-electron chi connectivity index (χ3n) is 5.79. The van der Waals surface area contributed by atoms with Crippen molar-refractivity contribution in [1.29, 1.82) is 0 Å². The van der Waals surface area contributed by atoms with E-state index in [2.05, 4.69) is 4.90 Å². The second-order valence-corrected chi connectivity index (χ2v) is 7.00. The van der Waals surface area contributed by atoms with Gasteiger partial charge in [-0.25, -0.2) is 0 Å². The Hall–Kier alpha value is -0.120. The quantitative estimate of drug-likeness (QED) is 0.852. The first-order chi connectivity index (χ1) is 9.33. The zero-order chi connectivity index (χ0) is 13.1. The van der Waals surface area contributed by atoms with Crippen molar-refractivity contribution in [3.05, 3.63) is 0 Å². The lowest BCUT2D eigenvalue weighted by Crippen LogP contribution is -2.52. The van der Waals surface area contributed by atoms with Gasteiger partial charge < -0.3 is 9.84 Å². The van der Waals surface area contributed by atoms with E-state index in [0.717, 1.165) is 44.6 Å². The van der Waals surface area contributed by atoms with Crippen molar-refractivity contribution in [2.75, 3.05) is 32.9 Å². The van der Waals surface area contributed by atoms with Crippen LogP contribution in [-0.4, -0.2) is 49.0 Å². The zero-order valence-corrected chi connectivity index (χ0v) is 12.1. The van der Waals surface area contributed by atoms with Gasteiger partial charge in [0, 0.05) is 31.2 Å².